The topological polar surface area (TPSA) is 90.4 Å². The number of fused-ring (bicyclic) bond motifs is 2. The Bertz CT molecular complexity index is 1410. The fraction of sp³-hybridized carbons (Fsp3) is 0.387. The van der Waals surface area contributed by atoms with Crippen molar-refractivity contribution in [1.82, 2.24) is 9.80 Å². The molecule has 2 fully saturated rings. The third-order valence-electron chi connectivity index (χ3n) is 8.76. The summed E-state index contributed by atoms with van der Waals surface area (Å²) in [6, 6.07) is 14.8. The van der Waals surface area contributed by atoms with Crippen molar-refractivity contribution >= 4 is 35.0 Å². The van der Waals surface area contributed by atoms with Gasteiger partial charge in [-0.15, -0.1) is 0 Å². The highest BCUT2D eigenvalue weighted by molar-refractivity contribution is 6.34. The monoisotopic (exact) mass is 561 g/mol. The number of anilines is 1. The molecular formula is C31H32ClN3O5. The van der Waals surface area contributed by atoms with Gasteiger partial charge < -0.3 is 24.5 Å². The number of likely N-dealkylation sites (N-methyl/N-ethyl adjacent to an activating group) is 1. The van der Waals surface area contributed by atoms with Gasteiger partial charge in [-0.05, 0) is 31.0 Å². The average Bonchev–Trinajstić information content (AvgIpc) is 3.23. The lowest BCUT2D eigenvalue weighted by atomic mass is 9.74. The van der Waals surface area contributed by atoms with E-state index in [0.29, 0.717) is 23.7 Å². The number of aliphatic hydroxyl groups excluding tert-OH is 1. The first-order valence-electron chi connectivity index (χ1n) is 13.6. The molecule has 1 unspecified atom stereocenters. The number of halogens is 1. The normalized spacial score (nSPS) is 32.0. The first kappa shape index (κ1) is 26.7. The van der Waals surface area contributed by atoms with E-state index in [1.165, 1.54) is 4.90 Å². The maximum atomic E-state index is 14.6. The molecule has 1 N–H and O–H groups in total. The zero-order valence-electron chi connectivity index (χ0n) is 22.4. The number of carbonyl (C=O) groups excluding carboxylic acids is 3. The Labute approximate surface area is 238 Å². The van der Waals surface area contributed by atoms with Crippen molar-refractivity contribution in [2.24, 2.45) is 11.8 Å². The summed E-state index contributed by atoms with van der Waals surface area (Å²) in [5.74, 6) is -2.73. The molecule has 4 aliphatic rings. The number of benzene rings is 2. The summed E-state index contributed by atoms with van der Waals surface area (Å²) in [5, 5.41) is 11.0. The summed E-state index contributed by atoms with van der Waals surface area (Å²) < 4.78 is 6.83. The van der Waals surface area contributed by atoms with Gasteiger partial charge in [-0.2, -0.15) is 0 Å². The Hall–Kier alpha value is -3.46. The molecular weight excluding hydrogens is 530 g/mol. The van der Waals surface area contributed by atoms with Crippen LogP contribution in [0, 0.1) is 11.8 Å². The first-order valence-corrected chi connectivity index (χ1v) is 13.9. The summed E-state index contributed by atoms with van der Waals surface area (Å²) >= 11 is 6.54. The van der Waals surface area contributed by atoms with Crippen LogP contribution >= 0.6 is 11.6 Å². The lowest BCUT2D eigenvalue weighted by Gasteiger charge is -2.40. The lowest BCUT2D eigenvalue weighted by Crippen LogP contribution is -2.59. The Morgan fingerprint density at radius 2 is 1.65 bits per heavy atom. The quantitative estimate of drug-likeness (QED) is 0.567. The molecule has 1 spiro atoms. The third kappa shape index (κ3) is 3.92. The number of aliphatic hydroxyl groups is 1. The largest absolute Gasteiger partial charge is 0.394 e. The van der Waals surface area contributed by atoms with Crippen molar-refractivity contribution in [3.05, 3.63) is 89.5 Å². The van der Waals surface area contributed by atoms with Gasteiger partial charge in [0.1, 0.15) is 11.6 Å². The smallest absolute Gasteiger partial charge is 0.253 e. The summed E-state index contributed by atoms with van der Waals surface area (Å²) in [6.45, 7) is 2.07. The number of para-hydroxylation sites is 1. The fourth-order valence-electron chi connectivity index (χ4n) is 7.00. The van der Waals surface area contributed by atoms with Crippen molar-refractivity contribution in [2.45, 2.75) is 36.6 Å². The summed E-state index contributed by atoms with van der Waals surface area (Å²) in [4.78, 5) is 47.6. The van der Waals surface area contributed by atoms with Crippen molar-refractivity contribution in [3.8, 4) is 0 Å². The minimum Gasteiger partial charge on any atom is -0.394 e. The molecule has 4 aliphatic heterocycles. The highest BCUT2D eigenvalue weighted by Crippen LogP contribution is 2.58. The van der Waals surface area contributed by atoms with E-state index in [0.717, 1.165) is 5.56 Å². The molecule has 6 atom stereocenters. The van der Waals surface area contributed by atoms with E-state index >= 15 is 0 Å². The minimum atomic E-state index is -1.41. The molecule has 2 aromatic rings. The maximum absolute atomic E-state index is 14.6. The Morgan fingerprint density at radius 1 is 0.950 bits per heavy atom. The Balaban J connectivity index is 1.52. The highest BCUT2D eigenvalue weighted by Gasteiger charge is 2.75. The van der Waals surface area contributed by atoms with E-state index in [1.807, 2.05) is 55.5 Å². The van der Waals surface area contributed by atoms with Crippen LogP contribution in [0.1, 0.15) is 12.5 Å². The molecule has 3 amide bonds. The second-order valence-corrected chi connectivity index (χ2v) is 11.6. The summed E-state index contributed by atoms with van der Waals surface area (Å²) in [7, 11) is 1.71. The second-order valence-electron chi connectivity index (χ2n) is 11.2. The molecule has 9 heteroatoms. The summed E-state index contributed by atoms with van der Waals surface area (Å²) in [5.41, 5.74) is -1.07. The van der Waals surface area contributed by atoms with Gasteiger partial charge in [-0.3, -0.25) is 14.4 Å². The third-order valence-corrected chi connectivity index (χ3v) is 9.08. The Morgan fingerprint density at radius 3 is 2.38 bits per heavy atom. The van der Waals surface area contributed by atoms with Crippen LogP contribution in [0.25, 0.3) is 0 Å². The molecule has 8 nitrogen and oxygen atoms in total. The number of likely N-dealkylation sites (tertiary alicyclic amines) is 1. The molecule has 0 bridgehead atoms. The second kappa shape index (κ2) is 9.87. The maximum Gasteiger partial charge on any atom is 0.253 e. The molecule has 6 rings (SSSR count). The molecule has 4 heterocycles. The van der Waals surface area contributed by atoms with Gasteiger partial charge in [0.05, 0.1) is 40.8 Å². The molecule has 0 radical (unpaired) electrons. The molecule has 0 aromatic heterocycles. The van der Waals surface area contributed by atoms with Gasteiger partial charge >= 0.3 is 0 Å². The fourth-order valence-corrected chi connectivity index (χ4v) is 7.24. The molecule has 0 aliphatic carbocycles. The van der Waals surface area contributed by atoms with E-state index < -0.39 is 35.1 Å². The molecule has 0 saturated carbocycles. The predicted octanol–water partition coefficient (Wildman–Crippen LogP) is 2.85. The number of carbonyl (C=O) groups is 3. The number of hydrogen-bond acceptors (Lipinski definition) is 5. The highest BCUT2D eigenvalue weighted by atomic mass is 35.5. The standard InChI is InChI=1S/C31H32ClN3O5/c1-30-14-8-16-33(2)27(37)24(30)25-28(38)35(21(19-36)18-20-10-4-3-5-11-20)26-29(39)34(17-9-15-31(25,26)40-30)23-13-7-6-12-22(23)32/h3-15,21,24-26,36H,16-19H2,1-2H3/t21-,24-,25+,26?,30+,31+/m1/s1. The van der Waals surface area contributed by atoms with E-state index in [2.05, 4.69) is 0 Å². The van der Waals surface area contributed by atoms with Crippen LogP contribution in [0.3, 0.4) is 0 Å². The molecule has 2 aromatic carbocycles. The van der Waals surface area contributed by atoms with Gasteiger partial charge in [-0.1, -0.05) is 78.4 Å². The SMILES string of the molecule is CN1CC=C[C@]2(C)O[C@]34C=CCN(c5ccccc5Cl)C(=O)C3N([C@@H](CO)Cc3ccccc3)C(=O)[C@@H]4[C@@H]2C1=O. The zero-order chi connectivity index (χ0) is 28.2. The van der Waals surface area contributed by atoms with Crippen molar-refractivity contribution in [3.63, 3.8) is 0 Å². The minimum absolute atomic E-state index is 0.208. The van der Waals surface area contributed by atoms with Gasteiger partial charge in [0.2, 0.25) is 11.8 Å². The lowest BCUT2D eigenvalue weighted by molar-refractivity contribution is -0.150. The van der Waals surface area contributed by atoms with Gasteiger partial charge in [0.15, 0.2) is 0 Å². The number of nitrogens with zero attached hydrogens (tertiary/aromatic N) is 3. The van der Waals surface area contributed by atoms with Gasteiger partial charge in [0, 0.05) is 20.1 Å². The van der Waals surface area contributed by atoms with E-state index in [1.54, 1.807) is 47.2 Å². The van der Waals surface area contributed by atoms with E-state index in [-0.39, 0.29) is 30.9 Å². The first-order chi connectivity index (χ1) is 19.2. The number of hydrogen-bond donors (Lipinski definition) is 1. The average molecular weight is 562 g/mol. The predicted molar refractivity (Wildman–Crippen MR) is 151 cm³/mol. The van der Waals surface area contributed by atoms with Gasteiger partial charge in [0.25, 0.3) is 5.91 Å². The van der Waals surface area contributed by atoms with Crippen LogP contribution < -0.4 is 4.90 Å². The molecule has 2 saturated heterocycles. The van der Waals surface area contributed by atoms with Crippen LogP contribution in [-0.2, 0) is 25.5 Å². The van der Waals surface area contributed by atoms with Crippen molar-refractivity contribution < 1.29 is 24.2 Å². The zero-order valence-corrected chi connectivity index (χ0v) is 23.2. The van der Waals surface area contributed by atoms with Crippen LogP contribution in [0.4, 0.5) is 5.69 Å². The van der Waals surface area contributed by atoms with Crippen molar-refractivity contribution in [2.75, 3.05) is 31.6 Å². The number of rotatable bonds is 5. The molecule has 40 heavy (non-hydrogen) atoms. The van der Waals surface area contributed by atoms with Crippen LogP contribution in [0.15, 0.2) is 78.9 Å². The Kier molecular flexibility index (Phi) is 6.60. The van der Waals surface area contributed by atoms with Gasteiger partial charge in [-0.25, -0.2) is 0 Å². The van der Waals surface area contributed by atoms with Crippen LogP contribution in [-0.4, -0.2) is 82.7 Å². The van der Waals surface area contributed by atoms with Crippen LogP contribution in [0.5, 0.6) is 0 Å². The van der Waals surface area contributed by atoms with E-state index in [9.17, 15) is 19.5 Å². The number of ether oxygens (including phenoxy) is 1. The van der Waals surface area contributed by atoms with E-state index in [4.69, 9.17) is 16.3 Å². The number of amides is 3. The van der Waals surface area contributed by atoms with Crippen LogP contribution in [0.2, 0.25) is 5.02 Å². The molecule has 208 valence electrons. The summed E-state index contributed by atoms with van der Waals surface area (Å²) in [6.07, 6.45) is 7.68. The van der Waals surface area contributed by atoms with Crippen molar-refractivity contribution in [1.29, 1.82) is 0 Å².